The van der Waals surface area contributed by atoms with Gasteiger partial charge in [-0.2, -0.15) is 0 Å². The highest BCUT2D eigenvalue weighted by Gasteiger charge is 2.24. The lowest BCUT2D eigenvalue weighted by molar-refractivity contribution is -0.122. The zero-order chi connectivity index (χ0) is 16.9. The maximum atomic E-state index is 12.7. The van der Waals surface area contributed by atoms with Crippen molar-refractivity contribution in [3.8, 4) is 0 Å². The summed E-state index contributed by atoms with van der Waals surface area (Å²) in [4.78, 5) is 29.6. The SMILES string of the molecule is N[C@@H](Cc1ccccc1)C(=O)N(C=O)c1cccc2cccnc12. The third-order valence-electron chi connectivity index (χ3n) is 3.83. The van der Waals surface area contributed by atoms with Crippen LogP contribution in [0.1, 0.15) is 5.56 Å². The number of benzene rings is 2. The quantitative estimate of drug-likeness (QED) is 0.732. The molecule has 1 aromatic heterocycles. The molecule has 0 aliphatic rings. The number of hydrogen-bond acceptors (Lipinski definition) is 4. The van der Waals surface area contributed by atoms with E-state index >= 15 is 0 Å². The monoisotopic (exact) mass is 319 g/mol. The van der Waals surface area contributed by atoms with Crippen LogP contribution >= 0.6 is 0 Å². The first-order valence-electron chi connectivity index (χ1n) is 7.62. The third-order valence-corrected chi connectivity index (χ3v) is 3.83. The van der Waals surface area contributed by atoms with E-state index in [1.54, 1.807) is 24.4 Å². The fourth-order valence-electron chi connectivity index (χ4n) is 2.64. The number of amides is 2. The standard InChI is InChI=1S/C19H17N3O2/c20-16(12-14-6-2-1-3-7-14)19(24)22(13-23)17-10-4-8-15-9-5-11-21-18(15)17/h1-11,13,16H,12,20H2/t16-/m0/s1. The zero-order valence-corrected chi connectivity index (χ0v) is 13.0. The molecule has 3 aromatic rings. The molecule has 2 N–H and O–H groups in total. The van der Waals surface area contributed by atoms with Crippen molar-refractivity contribution in [1.29, 1.82) is 0 Å². The molecule has 0 saturated heterocycles. The zero-order valence-electron chi connectivity index (χ0n) is 13.0. The number of pyridine rings is 1. The number of carbonyl (C=O) groups is 2. The molecule has 0 unspecified atom stereocenters. The molecule has 5 nitrogen and oxygen atoms in total. The summed E-state index contributed by atoms with van der Waals surface area (Å²) in [5, 5.41) is 0.853. The Bertz CT molecular complexity index is 859. The molecule has 0 bridgehead atoms. The summed E-state index contributed by atoms with van der Waals surface area (Å²) in [5.74, 6) is -0.452. The molecular formula is C19H17N3O2. The first-order chi connectivity index (χ1) is 11.7. The van der Waals surface area contributed by atoms with Gasteiger partial charge in [-0.05, 0) is 24.1 Å². The second kappa shape index (κ2) is 7.02. The number of anilines is 1. The van der Waals surface area contributed by atoms with Crippen LogP contribution in [0, 0.1) is 0 Å². The van der Waals surface area contributed by atoms with Crippen molar-refractivity contribution in [2.24, 2.45) is 5.73 Å². The number of nitrogens with two attached hydrogens (primary N) is 1. The van der Waals surface area contributed by atoms with Gasteiger partial charge in [0.25, 0.3) is 5.91 Å². The summed E-state index contributed by atoms with van der Waals surface area (Å²) in [5.41, 5.74) is 8.01. The van der Waals surface area contributed by atoms with Crippen molar-refractivity contribution in [2.75, 3.05) is 4.90 Å². The molecule has 2 aromatic carbocycles. The molecule has 0 saturated carbocycles. The Morgan fingerprint density at radius 1 is 1.08 bits per heavy atom. The van der Waals surface area contributed by atoms with Gasteiger partial charge in [0.2, 0.25) is 6.41 Å². The third kappa shape index (κ3) is 3.16. The summed E-state index contributed by atoms with van der Waals surface area (Å²) < 4.78 is 0. The van der Waals surface area contributed by atoms with Gasteiger partial charge in [0, 0.05) is 11.6 Å². The van der Waals surface area contributed by atoms with Crippen LogP contribution in [0.5, 0.6) is 0 Å². The van der Waals surface area contributed by atoms with Crippen LogP contribution in [0.15, 0.2) is 66.9 Å². The number of nitrogens with zero attached hydrogens (tertiary/aromatic N) is 2. The molecule has 2 amide bonds. The van der Waals surface area contributed by atoms with Gasteiger partial charge in [-0.15, -0.1) is 0 Å². The predicted octanol–water partition coefficient (Wildman–Crippen LogP) is 2.29. The molecule has 120 valence electrons. The summed E-state index contributed by atoms with van der Waals surface area (Å²) in [7, 11) is 0. The first kappa shape index (κ1) is 15.8. The highest BCUT2D eigenvalue weighted by Crippen LogP contribution is 2.24. The van der Waals surface area contributed by atoms with Crippen LogP contribution in [0.3, 0.4) is 0 Å². The number of hydrogen-bond donors (Lipinski definition) is 1. The van der Waals surface area contributed by atoms with Crippen LogP contribution in [0.4, 0.5) is 5.69 Å². The summed E-state index contributed by atoms with van der Waals surface area (Å²) in [6.07, 6.45) is 2.49. The minimum Gasteiger partial charge on any atom is -0.320 e. The topological polar surface area (TPSA) is 76.3 Å². The van der Waals surface area contributed by atoms with Gasteiger partial charge < -0.3 is 5.73 Å². The molecule has 1 atom stereocenters. The Morgan fingerprint density at radius 3 is 2.58 bits per heavy atom. The lowest BCUT2D eigenvalue weighted by atomic mass is 10.1. The minimum absolute atomic E-state index is 0.363. The van der Waals surface area contributed by atoms with Gasteiger partial charge in [-0.1, -0.05) is 48.5 Å². The fraction of sp³-hybridized carbons (Fsp3) is 0.105. The molecule has 24 heavy (non-hydrogen) atoms. The number of carbonyl (C=O) groups excluding carboxylic acids is 2. The van der Waals surface area contributed by atoms with E-state index in [1.165, 1.54) is 0 Å². The summed E-state index contributed by atoms with van der Waals surface area (Å²) in [6.45, 7) is 0. The van der Waals surface area contributed by atoms with Crippen molar-refractivity contribution in [1.82, 2.24) is 4.98 Å². The number of rotatable bonds is 5. The number of para-hydroxylation sites is 1. The van der Waals surface area contributed by atoms with Crippen LogP contribution in [0.2, 0.25) is 0 Å². The Kier molecular flexibility index (Phi) is 4.63. The second-order valence-corrected chi connectivity index (χ2v) is 5.46. The van der Waals surface area contributed by atoms with E-state index in [2.05, 4.69) is 4.98 Å². The smallest absolute Gasteiger partial charge is 0.250 e. The van der Waals surface area contributed by atoms with Gasteiger partial charge in [-0.25, -0.2) is 4.90 Å². The van der Waals surface area contributed by atoms with E-state index in [4.69, 9.17) is 5.73 Å². The van der Waals surface area contributed by atoms with Crippen molar-refractivity contribution < 1.29 is 9.59 Å². The van der Waals surface area contributed by atoms with Crippen molar-refractivity contribution in [3.63, 3.8) is 0 Å². The van der Waals surface area contributed by atoms with Crippen molar-refractivity contribution in [3.05, 3.63) is 72.4 Å². The van der Waals surface area contributed by atoms with E-state index in [9.17, 15) is 9.59 Å². The van der Waals surface area contributed by atoms with Gasteiger partial charge >= 0.3 is 0 Å². The van der Waals surface area contributed by atoms with Gasteiger partial charge in [0.1, 0.15) is 0 Å². The predicted molar refractivity (Wildman–Crippen MR) is 93.4 cm³/mol. The molecule has 5 heteroatoms. The molecule has 0 aliphatic heterocycles. The van der Waals surface area contributed by atoms with E-state index in [-0.39, 0.29) is 0 Å². The largest absolute Gasteiger partial charge is 0.320 e. The molecular weight excluding hydrogens is 302 g/mol. The van der Waals surface area contributed by atoms with Crippen LogP contribution in [-0.4, -0.2) is 23.3 Å². The Balaban J connectivity index is 1.90. The normalized spacial score (nSPS) is 11.9. The van der Waals surface area contributed by atoms with E-state index < -0.39 is 11.9 Å². The average molecular weight is 319 g/mol. The van der Waals surface area contributed by atoms with Crippen LogP contribution in [0.25, 0.3) is 10.9 Å². The van der Waals surface area contributed by atoms with Gasteiger partial charge in [0.15, 0.2) is 0 Å². The molecule has 1 heterocycles. The molecule has 0 radical (unpaired) electrons. The second-order valence-electron chi connectivity index (χ2n) is 5.46. The lowest BCUT2D eigenvalue weighted by Gasteiger charge is -2.21. The molecule has 0 spiro atoms. The van der Waals surface area contributed by atoms with Crippen molar-refractivity contribution in [2.45, 2.75) is 12.5 Å². The first-order valence-corrected chi connectivity index (χ1v) is 7.62. The summed E-state index contributed by atoms with van der Waals surface area (Å²) in [6, 6.07) is 17.7. The van der Waals surface area contributed by atoms with Gasteiger partial charge in [0.05, 0.1) is 17.2 Å². The maximum Gasteiger partial charge on any atom is 0.250 e. The number of imide groups is 1. The molecule has 0 aliphatic carbocycles. The molecule has 3 rings (SSSR count). The fourth-order valence-corrected chi connectivity index (χ4v) is 2.64. The maximum absolute atomic E-state index is 12.7. The van der Waals surface area contributed by atoms with Crippen molar-refractivity contribution >= 4 is 28.9 Å². The lowest BCUT2D eigenvalue weighted by Crippen LogP contribution is -2.44. The van der Waals surface area contributed by atoms with E-state index in [0.717, 1.165) is 15.8 Å². The minimum atomic E-state index is -0.809. The molecule has 0 fully saturated rings. The Hall–Kier alpha value is -3.05. The summed E-state index contributed by atoms with van der Waals surface area (Å²) >= 11 is 0. The Labute approximate surface area is 139 Å². The van der Waals surface area contributed by atoms with E-state index in [1.807, 2.05) is 42.5 Å². The van der Waals surface area contributed by atoms with Crippen LogP contribution in [-0.2, 0) is 16.0 Å². The average Bonchev–Trinajstić information content (AvgIpc) is 2.63. The van der Waals surface area contributed by atoms with Gasteiger partial charge in [-0.3, -0.25) is 14.6 Å². The number of fused-ring (bicyclic) bond motifs is 1. The highest BCUT2D eigenvalue weighted by atomic mass is 16.2. The van der Waals surface area contributed by atoms with E-state index in [0.29, 0.717) is 24.0 Å². The highest BCUT2D eigenvalue weighted by molar-refractivity contribution is 6.13. The number of aromatic nitrogens is 1. The van der Waals surface area contributed by atoms with Crippen LogP contribution < -0.4 is 10.6 Å². The Morgan fingerprint density at radius 2 is 1.83 bits per heavy atom.